The maximum absolute atomic E-state index is 12.9. The fourth-order valence-corrected chi connectivity index (χ4v) is 4.50. The Balaban J connectivity index is 1.78. The number of allylic oxidation sites excluding steroid dienone is 1. The molecule has 0 aromatic heterocycles. The molecule has 1 heterocycles. The van der Waals surface area contributed by atoms with Gasteiger partial charge in [-0.25, -0.2) is 4.99 Å². The Kier molecular flexibility index (Phi) is 7.48. The molecule has 0 fully saturated rings. The molecule has 32 heavy (non-hydrogen) atoms. The second-order valence-corrected chi connectivity index (χ2v) is 9.98. The zero-order valence-corrected chi connectivity index (χ0v) is 20.4. The third-order valence-electron chi connectivity index (χ3n) is 6.82. The molecule has 1 aliphatic carbocycles. The largest absolute Gasteiger partial charge is 0.374 e. The van der Waals surface area contributed by atoms with E-state index in [-0.39, 0.29) is 29.7 Å². The number of nitrogens with two attached hydrogens (primary N) is 1. The van der Waals surface area contributed by atoms with Gasteiger partial charge in [-0.3, -0.25) is 15.0 Å². The summed E-state index contributed by atoms with van der Waals surface area (Å²) >= 11 is 6.55. The number of benzene rings is 1. The zero-order valence-electron chi connectivity index (χ0n) is 19.6. The molecule has 1 aromatic carbocycles. The van der Waals surface area contributed by atoms with E-state index < -0.39 is 11.8 Å². The highest BCUT2D eigenvalue weighted by Gasteiger charge is 2.39. The van der Waals surface area contributed by atoms with E-state index in [2.05, 4.69) is 31.1 Å². The van der Waals surface area contributed by atoms with Crippen LogP contribution in [0.4, 0.5) is 0 Å². The molecule has 1 aromatic rings. The smallest absolute Gasteiger partial charge is 0.232 e. The van der Waals surface area contributed by atoms with Gasteiger partial charge in [0.25, 0.3) is 0 Å². The number of halogens is 1. The lowest BCUT2D eigenvalue weighted by Crippen LogP contribution is -2.53. The second-order valence-electron chi connectivity index (χ2n) is 9.52. The van der Waals surface area contributed by atoms with E-state index in [0.717, 1.165) is 11.1 Å². The van der Waals surface area contributed by atoms with E-state index in [1.807, 2.05) is 50.3 Å². The number of aliphatic imine (C=N–C) groups is 1. The molecule has 6 nitrogen and oxygen atoms in total. The zero-order chi connectivity index (χ0) is 23.6. The number of hydrogen-bond donors (Lipinski definition) is 3. The maximum atomic E-state index is 12.9. The summed E-state index contributed by atoms with van der Waals surface area (Å²) in [7, 11) is 0. The Morgan fingerprint density at radius 2 is 1.97 bits per heavy atom. The number of aliphatic hydroxyl groups is 1. The van der Waals surface area contributed by atoms with Crippen LogP contribution in [0.2, 0.25) is 0 Å². The van der Waals surface area contributed by atoms with E-state index >= 15 is 0 Å². The fraction of sp³-hybridized carbons (Fsp3) is 0.520. The Hall–Kier alpha value is -2.15. The number of carbonyl (C=O) groups is 1. The van der Waals surface area contributed by atoms with Crippen LogP contribution in [0, 0.1) is 11.8 Å². The number of rotatable bonds is 7. The maximum Gasteiger partial charge on any atom is 0.232 e. The molecule has 7 heteroatoms. The molecule has 0 saturated heterocycles. The van der Waals surface area contributed by atoms with Gasteiger partial charge in [0.1, 0.15) is 6.23 Å². The third kappa shape index (κ3) is 5.25. The highest BCUT2D eigenvalue weighted by atomic mass is 35.5. The monoisotopic (exact) mass is 458 g/mol. The van der Waals surface area contributed by atoms with Gasteiger partial charge >= 0.3 is 0 Å². The van der Waals surface area contributed by atoms with Crippen LogP contribution in [0.5, 0.6) is 0 Å². The lowest BCUT2D eigenvalue weighted by Gasteiger charge is -2.38. The first-order valence-electron chi connectivity index (χ1n) is 11.3. The number of aliphatic hydroxyl groups excluding tert-OH is 1. The summed E-state index contributed by atoms with van der Waals surface area (Å²) in [4.78, 5) is 19.1. The number of hydrogen-bond acceptors (Lipinski definition) is 5. The van der Waals surface area contributed by atoms with Crippen LogP contribution in [-0.4, -0.2) is 40.2 Å². The first-order valence-corrected chi connectivity index (χ1v) is 11.6. The highest BCUT2D eigenvalue weighted by molar-refractivity contribution is 6.30. The molecule has 0 radical (unpaired) electrons. The van der Waals surface area contributed by atoms with Crippen molar-refractivity contribution in [1.82, 2.24) is 10.2 Å². The van der Waals surface area contributed by atoms with Gasteiger partial charge in [0, 0.05) is 16.6 Å². The van der Waals surface area contributed by atoms with Crippen molar-refractivity contribution in [3.05, 3.63) is 58.1 Å². The molecule has 1 aliphatic heterocycles. The molecule has 0 bridgehead atoms. The van der Waals surface area contributed by atoms with Gasteiger partial charge in [0.05, 0.1) is 18.5 Å². The van der Waals surface area contributed by atoms with E-state index in [9.17, 15) is 9.90 Å². The Bertz CT molecular complexity index is 941. The first-order chi connectivity index (χ1) is 15.0. The molecular formula is C25H35ClN4O2. The van der Waals surface area contributed by atoms with Crippen molar-refractivity contribution in [1.29, 1.82) is 0 Å². The van der Waals surface area contributed by atoms with E-state index in [1.54, 1.807) is 4.90 Å². The van der Waals surface area contributed by atoms with Crippen LogP contribution in [0.1, 0.15) is 59.1 Å². The summed E-state index contributed by atoms with van der Waals surface area (Å²) in [5, 5.41) is 14.7. The quantitative estimate of drug-likeness (QED) is 0.537. The van der Waals surface area contributed by atoms with Crippen LogP contribution in [0.25, 0.3) is 0 Å². The minimum Gasteiger partial charge on any atom is -0.374 e. The first kappa shape index (κ1) is 24.5. The topological polar surface area (TPSA) is 91.0 Å². The molecule has 0 spiro atoms. The number of nitrogens with one attached hydrogen (secondary N) is 1. The van der Waals surface area contributed by atoms with Crippen LogP contribution in [0.15, 0.2) is 57.6 Å². The van der Waals surface area contributed by atoms with Crippen molar-refractivity contribution in [2.45, 2.75) is 65.3 Å². The van der Waals surface area contributed by atoms with Gasteiger partial charge in [0.2, 0.25) is 5.91 Å². The fourth-order valence-electron chi connectivity index (χ4n) is 4.11. The van der Waals surface area contributed by atoms with E-state index in [1.165, 1.54) is 0 Å². The highest BCUT2D eigenvalue weighted by Crippen LogP contribution is 2.35. The summed E-state index contributed by atoms with van der Waals surface area (Å²) < 4.78 is 0. The van der Waals surface area contributed by atoms with Gasteiger partial charge < -0.3 is 10.8 Å². The van der Waals surface area contributed by atoms with Crippen LogP contribution >= 0.6 is 11.6 Å². The molecule has 1 amide bonds. The molecule has 4 atom stereocenters. The number of nitrogens with zero attached hydrogens (tertiary/aromatic N) is 2. The van der Waals surface area contributed by atoms with Gasteiger partial charge in [0.15, 0.2) is 5.96 Å². The minimum absolute atomic E-state index is 0.0274. The standard InChI is InChI=1S/C25H35ClN4O2/c1-15(2)25(5)13-22(31)30(24(27)29-25)14-19-12-20(21(26)11-16(19)3)23(32)28-17(4)18-9-7-6-8-10-18/h6-10,12,15-17,23,28,32H,11,13-14H2,1-5H3,(H2,27,29)/t16?,17-,23?,25-/m0/s1. The number of carbonyl (C=O) groups excluding carboxylic acids is 1. The van der Waals surface area contributed by atoms with Crippen molar-refractivity contribution >= 4 is 23.5 Å². The summed E-state index contributed by atoms with van der Waals surface area (Å²) in [6.07, 6.45) is 1.91. The Morgan fingerprint density at radius 1 is 1.31 bits per heavy atom. The predicted molar refractivity (Wildman–Crippen MR) is 130 cm³/mol. The van der Waals surface area contributed by atoms with Gasteiger partial charge in [-0.15, -0.1) is 0 Å². The molecule has 0 saturated carbocycles. The predicted octanol–water partition coefficient (Wildman–Crippen LogP) is 4.08. The van der Waals surface area contributed by atoms with Crippen molar-refractivity contribution in [3.8, 4) is 0 Å². The normalized spacial score (nSPS) is 26.2. The molecule has 3 rings (SSSR count). The van der Waals surface area contributed by atoms with Gasteiger partial charge in [-0.2, -0.15) is 0 Å². The summed E-state index contributed by atoms with van der Waals surface area (Å²) in [5.41, 5.74) is 8.45. The van der Waals surface area contributed by atoms with Crippen molar-refractivity contribution < 1.29 is 9.90 Å². The molecule has 174 valence electrons. The summed E-state index contributed by atoms with van der Waals surface area (Å²) in [5.74, 6) is 0.564. The average molecular weight is 459 g/mol. The second kappa shape index (κ2) is 9.77. The van der Waals surface area contributed by atoms with Crippen molar-refractivity contribution in [2.24, 2.45) is 22.6 Å². The van der Waals surface area contributed by atoms with Crippen molar-refractivity contribution in [3.63, 3.8) is 0 Å². The lowest BCUT2D eigenvalue weighted by atomic mass is 9.84. The Labute approximate surface area is 196 Å². The van der Waals surface area contributed by atoms with Crippen molar-refractivity contribution in [2.75, 3.05) is 6.54 Å². The number of amides is 1. The Morgan fingerprint density at radius 3 is 2.56 bits per heavy atom. The molecule has 2 aliphatic rings. The van der Waals surface area contributed by atoms with Gasteiger partial charge in [-0.05, 0) is 43.2 Å². The SMILES string of the molecule is CC1CC(Cl)=C(C(O)N[C@@H](C)c2ccccc2)C=C1CN1C(=O)C[C@@](C)(C(C)C)N=C1N. The average Bonchev–Trinajstić information content (AvgIpc) is 2.72. The number of guanidine groups is 1. The van der Waals surface area contributed by atoms with Crippen LogP contribution in [0.3, 0.4) is 0 Å². The van der Waals surface area contributed by atoms with Crippen LogP contribution < -0.4 is 11.1 Å². The molecule has 2 unspecified atom stereocenters. The summed E-state index contributed by atoms with van der Waals surface area (Å²) in [6, 6.07) is 9.87. The van der Waals surface area contributed by atoms with Gasteiger partial charge in [-0.1, -0.05) is 68.8 Å². The minimum atomic E-state index is -0.924. The molecular weight excluding hydrogens is 424 g/mol. The molecule has 4 N–H and O–H groups in total. The van der Waals surface area contributed by atoms with E-state index in [4.69, 9.17) is 17.3 Å². The third-order valence-corrected chi connectivity index (χ3v) is 7.19. The summed E-state index contributed by atoms with van der Waals surface area (Å²) in [6.45, 7) is 10.5. The lowest BCUT2D eigenvalue weighted by molar-refractivity contribution is -0.129. The van der Waals surface area contributed by atoms with Crippen LogP contribution in [-0.2, 0) is 4.79 Å². The van der Waals surface area contributed by atoms with E-state index in [0.29, 0.717) is 30.0 Å².